The van der Waals surface area contributed by atoms with E-state index in [1.165, 1.54) is 0 Å². The van der Waals surface area contributed by atoms with Crippen molar-refractivity contribution in [3.63, 3.8) is 0 Å². The maximum Gasteiger partial charge on any atom is 0.264 e. The summed E-state index contributed by atoms with van der Waals surface area (Å²) >= 11 is 0. The zero-order valence-corrected chi connectivity index (χ0v) is 17.4. The topological polar surface area (TPSA) is 50.2 Å². The largest absolute Gasteiger partial charge is 0.352 e. The number of nitrogens with one attached hydrogen (secondary N) is 1. The first-order chi connectivity index (χ1) is 15.0. The number of carbonyl (C=O) groups excluding carboxylic acids is 1. The molecule has 2 aromatic carbocycles. The zero-order chi connectivity index (χ0) is 21.5. The number of halogens is 2. The Hall–Kier alpha value is -3.22. The predicted molar refractivity (Wildman–Crippen MR) is 116 cm³/mol. The van der Waals surface area contributed by atoms with Gasteiger partial charge < -0.3 is 10.2 Å². The summed E-state index contributed by atoms with van der Waals surface area (Å²) in [5.74, 6) is 0.0438. The molecule has 2 aliphatic heterocycles. The quantitative estimate of drug-likeness (QED) is 0.667. The van der Waals surface area contributed by atoms with Crippen molar-refractivity contribution in [3.05, 3.63) is 65.0 Å². The average Bonchev–Trinajstić information content (AvgIpc) is 3.11. The van der Waals surface area contributed by atoms with Gasteiger partial charge in [-0.25, -0.2) is 8.78 Å². The molecule has 3 heterocycles. The van der Waals surface area contributed by atoms with Gasteiger partial charge >= 0.3 is 0 Å². The molecule has 1 N–H and O–H groups in total. The predicted octanol–water partition coefficient (Wildman–Crippen LogP) is 4.67. The number of aromatic nitrogens is 2. The lowest BCUT2D eigenvalue weighted by Gasteiger charge is -2.34. The number of rotatable bonds is 3. The number of nitrogens with zero attached hydrogens (tertiary/aromatic N) is 3. The number of amides is 1. The van der Waals surface area contributed by atoms with E-state index in [4.69, 9.17) is 0 Å². The van der Waals surface area contributed by atoms with Gasteiger partial charge in [0.25, 0.3) is 6.43 Å². The SMILES string of the molecule is Cn1cc(-c2cc3c(cc2C(F)F)N(c2cccc4c2CNC(=O)CC4)CCC3)cn1. The lowest BCUT2D eigenvalue weighted by atomic mass is 9.92. The molecule has 2 aliphatic rings. The van der Waals surface area contributed by atoms with E-state index in [-0.39, 0.29) is 11.5 Å². The highest BCUT2D eigenvalue weighted by Crippen LogP contribution is 2.42. The van der Waals surface area contributed by atoms with Crippen LogP contribution in [0.25, 0.3) is 11.1 Å². The maximum absolute atomic E-state index is 14.1. The summed E-state index contributed by atoms with van der Waals surface area (Å²) in [6.45, 7) is 1.22. The highest BCUT2D eigenvalue weighted by molar-refractivity contribution is 5.80. The van der Waals surface area contributed by atoms with Crippen molar-refractivity contribution in [2.24, 2.45) is 7.05 Å². The van der Waals surface area contributed by atoms with Crippen LogP contribution in [0.1, 0.15) is 41.5 Å². The molecule has 3 aromatic rings. The van der Waals surface area contributed by atoms with Crippen LogP contribution in [-0.4, -0.2) is 22.2 Å². The first-order valence-corrected chi connectivity index (χ1v) is 10.6. The summed E-state index contributed by atoms with van der Waals surface area (Å²) in [6.07, 6.45) is 3.76. The van der Waals surface area contributed by atoms with Crippen LogP contribution >= 0.6 is 0 Å². The molecular weight excluding hydrogens is 398 g/mol. The Morgan fingerprint density at radius 1 is 1.10 bits per heavy atom. The van der Waals surface area contributed by atoms with Crippen LogP contribution in [0.15, 0.2) is 42.7 Å². The Labute approximate surface area is 179 Å². The van der Waals surface area contributed by atoms with Crippen LogP contribution < -0.4 is 10.2 Å². The van der Waals surface area contributed by atoms with Gasteiger partial charge in [0.2, 0.25) is 5.91 Å². The summed E-state index contributed by atoms with van der Waals surface area (Å²) in [5, 5.41) is 7.13. The average molecular weight is 422 g/mol. The number of aryl methyl sites for hydroxylation is 3. The van der Waals surface area contributed by atoms with Crippen LogP contribution in [0.2, 0.25) is 0 Å². The van der Waals surface area contributed by atoms with Crippen molar-refractivity contribution in [2.45, 2.75) is 38.7 Å². The molecule has 0 saturated carbocycles. The number of carbonyl (C=O) groups is 1. The van der Waals surface area contributed by atoms with Gasteiger partial charge in [0, 0.05) is 55.3 Å². The van der Waals surface area contributed by atoms with Crippen molar-refractivity contribution < 1.29 is 13.6 Å². The van der Waals surface area contributed by atoms with Gasteiger partial charge in [0.15, 0.2) is 0 Å². The molecule has 0 bridgehead atoms. The highest BCUT2D eigenvalue weighted by atomic mass is 19.3. The Morgan fingerprint density at radius 3 is 2.74 bits per heavy atom. The van der Waals surface area contributed by atoms with E-state index in [1.807, 2.05) is 18.2 Å². The van der Waals surface area contributed by atoms with Gasteiger partial charge in [-0.15, -0.1) is 0 Å². The number of hydrogen-bond donors (Lipinski definition) is 1. The van der Waals surface area contributed by atoms with E-state index in [9.17, 15) is 13.6 Å². The van der Waals surface area contributed by atoms with Gasteiger partial charge in [-0.05, 0) is 59.7 Å². The van der Waals surface area contributed by atoms with Gasteiger partial charge in [-0.3, -0.25) is 9.48 Å². The molecule has 0 spiro atoms. The highest BCUT2D eigenvalue weighted by Gasteiger charge is 2.27. The fraction of sp³-hybridized carbons (Fsp3) is 0.333. The lowest BCUT2D eigenvalue weighted by Crippen LogP contribution is -2.27. The first-order valence-electron chi connectivity index (χ1n) is 10.6. The normalized spacial score (nSPS) is 16.0. The van der Waals surface area contributed by atoms with E-state index in [1.54, 1.807) is 30.2 Å². The summed E-state index contributed by atoms with van der Waals surface area (Å²) in [4.78, 5) is 14.1. The third kappa shape index (κ3) is 3.58. The standard InChI is InChI=1S/C24H24F2N4O/c1-29-14-17(12-28-29)18-10-16-5-3-9-30(22(16)11-19(18)24(25)26)21-6-2-4-15-7-8-23(31)27-13-20(15)21/h2,4,6,10-12,14,24H,3,5,7-9,13H2,1H3,(H,27,31). The monoisotopic (exact) mass is 422 g/mol. The van der Waals surface area contributed by atoms with Gasteiger partial charge in [-0.1, -0.05) is 12.1 Å². The molecular formula is C24H24F2N4O. The van der Waals surface area contributed by atoms with Crippen molar-refractivity contribution >= 4 is 17.3 Å². The first kappa shape index (κ1) is 19.7. The summed E-state index contributed by atoms with van der Waals surface area (Å²) < 4.78 is 29.8. The van der Waals surface area contributed by atoms with Crippen LogP contribution in [-0.2, 0) is 31.2 Å². The fourth-order valence-electron chi connectivity index (χ4n) is 4.73. The number of benzene rings is 2. The van der Waals surface area contributed by atoms with Crippen molar-refractivity contribution in [1.82, 2.24) is 15.1 Å². The Kier molecular flexibility index (Phi) is 4.96. The second-order valence-electron chi connectivity index (χ2n) is 8.22. The summed E-state index contributed by atoms with van der Waals surface area (Å²) in [6, 6.07) is 9.64. The molecule has 0 saturated heterocycles. The third-order valence-electron chi connectivity index (χ3n) is 6.24. The molecule has 0 radical (unpaired) electrons. The Bertz CT molecular complexity index is 1150. The van der Waals surface area contributed by atoms with Crippen LogP contribution in [0, 0.1) is 0 Å². The molecule has 0 atom stereocenters. The number of fused-ring (bicyclic) bond motifs is 2. The molecule has 0 aliphatic carbocycles. The summed E-state index contributed by atoms with van der Waals surface area (Å²) in [5.41, 5.74) is 6.38. The van der Waals surface area contributed by atoms with Gasteiger partial charge in [0.05, 0.1) is 6.20 Å². The second kappa shape index (κ2) is 7.80. The third-order valence-corrected chi connectivity index (χ3v) is 6.24. The van der Waals surface area contributed by atoms with E-state index in [0.717, 1.165) is 47.5 Å². The number of anilines is 2. The molecule has 31 heavy (non-hydrogen) atoms. The van der Waals surface area contributed by atoms with Crippen molar-refractivity contribution in [3.8, 4) is 11.1 Å². The van der Waals surface area contributed by atoms with E-state index in [2.05, 4.69) is 21.4 Å². The molecule has 160 valence electrons. The molecule has 7 heteroatoms. The Balaban J connectivity index is 1.63. The van der Waals surface area contributed by atoms with E-state index >= 15 is 0 Å². The summed E-state index contributed by atoms with van der Waals surface area (Å²) in [7, 11) is 1.78. The molecule has 0 fully saturated rings. The van der Waals surface area contributed by atoms with Gasteiger partial charge in [-0.2, -0.15) is 5.10 Å². The van der Waals surface area contributed by atoms with Crippen LogP contribution in [0.3, 0.4) is 0 Å². The molecule has 0 unspecified atom stereocenters. The number of hydrogen-bond acceptors (Lipinski definition) is 3. The molecule has 1 amide bonds. The van der Waals surface area contributed by atoms with Crippen LogP contribution in [0.4, 0.5) is 20.2 Å². The molecule has 1 aromatic heterocycles. The van der Waals surface area contributed by atoms with Gasteiger partial charge in [0.1, 0.15) is 0 Å². The second-order valence-corrected chi connectivity index (χ2v) is 8.22. The number of alkyl halides is 2. The maximum atomic E-state index is 14.1. The zero-order valence-electron chi connectivity index (χ0n) is 17.4. The lowest BCUT2D eigenvalue weighted by molar-refractivity contribution is -0.121. The van der Waals surface area contributed by atoms with Crippen molar-refractivity contribution in [1.29, 1.82) is 0 Å². The van der Waals surface area contributed by atoms with Crippen molar-refractivity contribution in [2.75, 3.05) is 11.4 Å². The minimum atomic E-state index is -2.59. The fourth-order valence-corrected chi connectivity index (χ4v) is 4.73. The molecule has 5 nitrogen and oxygen atoms in total. The molecule has 5 rings (SSSR count). The minimum Gasteiger partial charge on any atom is -0.352 e. The van der Waals surface area contributed by atoms with E-state index < -0.39 is 6.43 Å². The van der Waals surface area contributed by atoms with E-state index in [0.29, 0.717) is 30.5 Å². The van der Waals surface area contributed by atoms with Crippen LogP contribution in [0.5, 0.6) is 0 Å². The Morgan fingerprint density at radius 2 is 1.97 bits per heavy atom. The smallest absolute Gasteiger partial charge is 0.264 e. The minimum absolute atomic E-state index is 0.0222.